The lowest BCUT2D eigenvalue weighted by Crippen LogP contribution is -2.34. The van der Waals surface area contributed by atoms with Crippen LogP contribution in [0.2, 0.25) is 0 Å². The molecule has 1 aliphatic heterocycles. The highest BCUT2D eigenvalue weighted by Crippen LogP contribution is 2.27. The second kappa shape index (κ2) is 6.89. The molecule has 0 bridgehead atoms. The quantitative estimate of drug-likeness (QED) is 0.877. The number of alkyl halides is 3. The van der Waals surface area contributed by atoms with Crippen LogP contribution in [-0.4, -0.2) is 31.0 Å². The number of nitrogens with zero attached hydrogens (tertiary/aromatic N) is 1. The third kappa shape index (κ3) is 4.54. The molecule has 1 unspecified atom stereocenters. The molecule has 2 atom stereocenters. The van der Waals surface area contributed by atoms with Crippen molar-refractivity contribution in [1.29, 1.82) is 0 Å². The van der Waals surface area contributed by atoms with E-state index in [2.05, 4.69) is 9.73 Å². The van der Waals surface area contributed by atoms with Gasteiger partial charge in [-0.05, 0) is 37.5 Å². The summed E-state index contributed by atoms with van der Waals surface area (Å²) in [4.78, 5) is 4.17. The van der Waals surface area contributed by atoms with Crippen LogP contribution < -0.4 is 10.5 Å². The average molecular weight is 316 g/mol. The predicted molar refractivity (Wildman–Crippen MR) is 76.9 cm³/mol. The van der Waals surface area contributed by atoms with Gasteiger partial charge in [-0.2, -0.15) is 8.78 Å². The van der Waals surface area contributed by atoms with Crippen molar-refractivity contribution in [3.8, 4) is 5.75 Å². The summed E-state index contributed by atoms with van der Waals surface area (Å²) in [5, 5.41) is 0. The molecule has 1 heterocycles. The first-order valence-electron chi connectivity index (χ1n) is 7.13. The van der Waals surface area contributed by atoms with Crippen LogP contribution in [0.4, 0.5) is 13.2 Å². The molecule has 0 fully saturated rings. The summed E-state index contributed by atoms with van der Waals surface area (Å²) in [5.41, 5.74) is 6.32. The Kier molecular flexibility index (Phi) is 5.15. The number of amidine groups is 1. The van der Waals surface area contributed by atoms with Gasteiger partial charge in [0.1, 0.15) is 5.75 Å². The van der Waals surface area contributed by atoms with Crippen molar-refractivity contribution in [3.63, 3.8) is 0 Å². The monoisotopic (exact) mass is 316 g/mol. The zero-order chi connectivity index (χ0) is 16.2. The molecular weight excluding hydrogens is 297 g/mol. The summed E-state index contributed by atoms with van der Waals surface area (Å²) >= 11 is 0. The van der Waals surface area contributed by atoms with Crippen LogP contribution in [0, 0.1) is 0 Å². The lowest BCUT2D eigenvalue weighted by molar-refractivity contribution is -0.215. The molecule has 0 amide bonds. The van der Waals surface area contributed by atoms with E-state index in [1.54, 1.807) is 12.1 Å². The van der Waals surface area contributed by atoms with Crippen LogP contribution in [0.15, 0.2) is 29.3 Å². The number of hydrogen-bond donors (Lipinski definition) is 1. The second-order valence-corrected chi connectivity index (χ2v) is 5.22. The summed E-state index contributed by atoms with van der Waals surface area (Å²) in [6.07, 6.45) is -4.08. The maximum absolute atomic E-state index is 13.2. The van der Waals surface area contributed by atoms with Crippen molar-refractivity contribution >= 4 is 6.02 Å². The fourth-order valence-electron chi connectivity index (χ4n) is 2.13. The molecule has 2 N–H and O–H groups in total. The van der Waals surface area contributed by atoms with Gasteiger partial charge in [-0.1, -0.05) is 12.1 Å². The van der Waals surface area contributed by atoms with E-state index in [9.17, 15) is 13.2 Å². The van der Waals surface area contributed by atoms with Gasteiger partial charge in [-0.15, -0.1) is 0 Å². The fourth-order valence-corrected chi connectivity index (χ4v) is 2.13. The number of hydrogen-bond acceptors (Lipinski definition) is 4. The van der Waals surface area contributed by atoms with Gasteiger partial charge in [-0.3, -0.25) is 0 Å². The summed E-state index contributed by atoms with van der Waals surface area (Å²) < 4.78 is 48.7. The molecular formula is C15H19F3N2O2. The third-order valence-corrected chi connectivity index (χ3v) is 3.39. The molecule has 1 aromatic carbocycles. The number of nitrogens with two attached hydrogens (primary N) is 1. The fraction of sp³-hybridized carbons (Fsp3) is 0.533. The van der Waals surface area contributed by atoms with Crippen LogP contribution in [0.1, 0.15) is 25.3 Å². The van der Waals surface area contributed by atoms with Crippen LogP contribution in [0.5, 0.6) is 5.75 Å². The molecule has 4 nitrogen and oxygen atoms in total. The van der Waals surface area contributed by atoms with Crippen molar-refractivity contribution in [2.24, 2.45) is 10.7 Å². The molecule has 1 aliphatic rings. The molecule has 1 aromatic rings. The standard InChI is InChI=1S/C15H19F3N2O2/c1-10(16)15(17,18)22-13-4-2-3-11(9-13)5-6-12-7-8-21-14(19)20-12/h2-4,9-10,12H,5-8H2,1H3,(H2,19,20)/t10?,12-/m0/s1. The van der Waals surface area contributed by atoms with Gasteiger partial charge < -0.3 is 15.2 Å². The number of halogens is 3. The van der Waals surface area contributed by atoms with Gasteiger partial charge in [0.2, 0.25) is 6.17 Å². The Morgan fingerprint density at radius 1 is 1.50 bits per heavy atom. The van der Waals surface area contributed by atoms with E-state index in [0.717, 1.165) is 25.3 Å². The third-order valence-electron chi connectivity index (χ3n) is 3.39. The SMILES string of the molecule is CC(F)C(F)(F)Oc1cccc(CC[C@H]2CCOC(N)=N2)c1. The highest BCUT2D eigenvalue weighted by Gasteiger charge is 2.39. The lowest BCUT2D eigenvalue weighted by atomic mass is 10.0. The van der Waals surface area contributed by atoms with Crippen molar-refractivity contribution in [3.05, 3.63) is 29.8 Å². The second-order valence-electron chi connectivity index (χ2n) is 5.22. The van der Waals surface area contributed by atoms with Gasteiger partial charge >= 0.3 is 6.11 Å². The number of benzene rings is 1. The zero-order valence-corrected chi connectivity index (χ0v) is 12.3. The van der Waals surface area contributed by atoms with Gasteiger partial charge in [-0.25, -0.2) is 9.38 Å². The minimum Gasteiger partial charge on any atom is -0.465 e. The van der Waals surface area contributed by atoms with E-state index in [0.29, 0.717) is 13.0 Å². The largest absolute Gasteiger partial charge is 0.465 e. The molecule has 0 aliphatic carbocycles. The Morgan fingerprint density at radius 2 is 2.27 bits per heavy atom. The normalized spacial score (nSPS) is 20.0. The molecule has 0 saturated heterocycles. The van der Waals surface area contributed by atoms with E-state index in [1.165, 1.54) is 12.1 Å². The Labute approximate surface area is 127 Å². The molecule has 0 saturated carbocycles. The molecule has 0 radical (unpaired) electrons. The summed E-state index contributed by atoms with van der Waals surface area (Å²) in [6, 6.07) is 6.52. The van der Waals surface area contributed by atoms with Gasteiger partial charge in [0.25, 0.3) is 6.02 Å². The lowest BCUT2D eigenvalue weighted by Gasteiger charge is -2.20. The first kappa shape index (κ1) is 16.5. The minimum absolute atomic E-state index is 0.0537. The maximum atomic E-state index is 13.2. The highest BCUT2D eigenvalue weighted by molar-refractivity contribution is 5.72. The number of aliphatic imine (C=N–C) groups is 1. The van der Waals surface area contributed by atoms with Gasteiger partial charge in [0, 0.05) is 6.42 Å². The van der Waals surface area contributed by atoms with Crippen LogP contribution >= 0.6 is 0 Å². The molecule has 2 rings (SSSR count). The average Bonchev–Trinajstić information content (AvgIpc) is 2.45. The maximum Gasteiger partial charge on any atom is 0.429 e. The van der Waals surface area contributed by atoms with Crippen LogP contribution in [0.3, 0.4) is 0 Å². The molecule has 122 valence electrons. The first-order valence-corrected chi connectivity index (χ1v) is 7.13. The Bertz CT molecular complexity index is 535. The molecule has 22 heavy (non-hydrogen) atoms. The summed E-state index contributed by atoms with van der Waals surface area (Å²) in [7, 11) is 0. The van der Waals surface area contributed by atoms with Crippen LogP contribution in [-0.2, 0) is 11.2 Å². The van der Waals surface area contributed by atoms with Gasteiger partial charge in [0.05, 0.1) is 12.6 Å². The number of ether oxygens (including phenoxy) is 2. The molecule has 0 aromatic heterocycles. The Balaban J connectivity index is 1.95. The minimum atomic E-state index is -3.84. The number of rotatable bonds is 6. The van der Waals surface area contributed by atoms with Crippen molar-refractivity contribution in [1.82, 2.24) is 0 Å². The van der Waals surface area contributed by atoms with Crippen molar-refractivity contribution < 1.29 is 22.6 Å². The van der Waals surface area contributed by atoms with Crippen molar-refractivity contribution in [2.45, 2.75) is 44.5 Å². The summed E-state index contributed by atoms with van der Waals surface area (Å²) in [5.74, 6) is -0.0537. The molecule has 0 spiro atoms. The first-order chi connectivity index (χ1) is 10.4. The van der Waals surface area contributed by atoms with E-state index in [1.807, 2.05) is 0 Å². The predicted octanol–water partition coefficient (Wildman–Crippen LogP) is 3.05. The molecule has 7 heteroatoms. The Morgan fingerprint density at radius 3 is 2.95 bits per heavy atom. The number of aryl methyl sites for hydroxylation is 1. The van der Waals surface area contributed by atoms with Crippen LogP contribution in [0.25, 0.3) is 0 Å². The van der Waals surface area contributed by atoms with E-state index < -0.39 is 12.3 Å². The highest BCUT2D eigenvalue weighted by atomic mass is 19.3. The van der Waals surface area contributed by atoms with E-state index in [-0.39, 0.29) is 17.8 Å². The van der Waals surface area contributed by atoms with E-state index >= 15 is 0 Å². The smallest absolute Gasteiger partial charge is 0.429 e. The zero-order valence-electron chi connectivity index (χ0n) is 12.3. The summed E-state index contributed by atoms with van der Waals surface area (Å²) in [6.45, 7) is 1.29. The van der Waals surface area contributed by atoms with E-state index in [4.69, 9.17) is 10.5 Å². The van der Waals surface area contributed by atoms with Crippen molar-refractivity contribution in [2.75, 3.05) is 6.61 Å². The topological polar surface area (TPSA) is 56.8 Å². The Hall–Kier alpha value is -1.92. The van der Waals surface area contributed by atoms with Gasteiger partial charge in [0.15, 0.2) is 0 Å².